The third kappa shape index (κ3) is 5.14. The summed E-state index contributed by atoms with van der Waals surface area (Å²) in [4.78, 5) is 2.20. The van der Waals surface area contributed by atoms with E-state index in [-0.39, 0.29) is 0 Å². The monoisotopic (exact) mass is 222 g/mol. The van der Waals surface area contributed by atoms with Crippen molar-refractivity contribution in [2.24, 2.45) is 0 Å². The predicted molar refractivity (Wildman–Crippen MR) is 68.8 cm³/mol. The summed E-state index contributed by atoms with van der Waals surface area (Å²) in [5.41, 5.74) is 2.38. The molecule has 1 N–H and O–H groups in total. The number of nitrogens with one attached hydrogen (secondary N) is 1. The van der Waals surface area contributed by atoms with E-state index in [0.717, 1.165) is 19.5 Å². The molecule has 1 aromatic carbocycles. The summed E-state index contributed by atoms with van der Waals surface area (Å²) < 4.78 is 5.11. The van der Waals surface area contributed by atoms with Gasteiger partial charge in [-0.1, -0.05) is 12.1 Å². The summed E-state index contributed by atoms with van der Waals surface area (Å²) in [6.45, 7) is 2.80. The lowest BCUT2D eigenvalue weighted by Gasteiger charge is -2.11. The molecule has 0 saturated carbocycles. The maximum Gasteiger partial charge on any atom is 0.0713 e. The maximum atomic E-state index is 5.11. The molecule has 90 valence electrons. The van der Waals surface area contributed by atoms with Crippen LogP contribution in [0.4, 0.5) is 5.69 Å². The number of hydrogen-bond donors (Lipinski definition) is 1. The Hall–Kier alpha value is -1.06. The summed E-state index contributed by atoms with van der Waals surface area (Å²) in [5.74, 6) is 0. The summed E-state index contributed by atoms with van der Waals surface area (Å²) in [5, 5.41) is 3.42. The van der Waals surface area contributed by atoms with Gasteiger partial charge >= 0.3 is 0 Å². The average Bonchev–Trinajstić information content (AvgIpc) is 2.25. The number of benzene rings is 1. The minimum Gasteiger partial charge on any atom is -0.385 e. The van der Waals surface area contributed by atoms with Gasteiger partial charge in [0.05, 0.1) is 6.61 Å². The lowest BCUT2D eigenvalue weighted by Crippen LogP contribution is -2.16. The Morgan fingerprint density at radius 3 is 2.81 bits per heavy atom. The molecule has 0 aliphatic rings. The smallest absolute Gasteiger partial charge is 0.0713 e. The zero-order valence-corrected chi connectivity index (χ0v) is 10.5. The quantitative estimate of drug-likeness (QED) is 0.716. The van der Waals surface area contributed by atoms with Crippen molar-refractivity contribution in [2.75, 3.05) is 39.6 Å². The molecule has 3 nitrogen and oxygen atoms in total. The Balaban J connectivity index is 2.33. The molecular weight excluding hydrogens is 200 g/mol. The van der Waals surface area contributed by atoms with Gasteiger partial charge in [-0.05, 0) is 44.8 Å². The van der Waals surface area contributed by atoms with Gasteiger partial charge in [0.15, 0.2) is 0 Å². The Morgan fingerprint density at radius 2 is 2.12 bits per heavy atom. The van der Waals surface area contributed by atoms with Crippen molar-refractivity contribution in [1.82, 2.24) is 4.90 Å². The third-order valence-electron chi connectivity index (χ3n) is 2.35. The molecule has 0 aliphatic carbocycles. The average molecular weight is 222 g/mol. The van der Waals surface area contributed by atoms with Crippen molar-refractivity contribution in [3.05, 3.63) is 29.8 Å². The molecule has 0 fully saturated rings. The van der Waals surface area contributed by atoms with Crippen molar-refractivity contribution < 1.29 is 4.74 Å². The number of rotatable bonds is 7. The SMILES string of the molecule is COCc1cccc(NCCCN(C)C)c1. The molecule has 0 spiro atoms. The van der Waals surface area contributed by atoms with Crippen LogP contribution in [0, 0.1) is 0 Å². The highest BCUT2D eigenvalue weighted by Crippen LogP contribution is 2.11. The van der Waals surface area contributed by atoms with Crippen LogP contribution in [-0.2, 0) is 11.3 Å². The van der Waals surface area contributed by atoms with Gasteiger partial charge in [0.2, 0.25) is 0 Å². The predicted octanol–water partition coefficient (Wildman–Crippen LogP) is 2.20. The van der Waals surface area contributed by atoms with Crippen LogP contribution >= 0.6 is 0 Å². The molecule has 3 heteroatoms. The van der Waals surface area contributed by atoms with Crippen LogP contribution in [0.2, 0.25) is 0 Å². The van der Waals surface area contributed by atoms with E-state index in [4.69, 9.17) is 4.74 Å². The summed E-state index contributed by atoms with van der Waals surface area (Å²) in [6, 6.07) is 8.37. The molecule has 1 aromatic rings. The number of methoxy groups -OCH3 is 1. The maximum absolute atomic E-state index is 5.11. The van der Waals surface area contributed by atoms with E-state index in [0.29, 0.717) is 6.61 Å². The second-order valence-corrected chi connectivity index (χ2v) is 4.22. The molecule has 0 bridgehead atoms. The number of anilines is 1. The normalized spacial score (nSPS) is 10.8. The van der Waals surface area contributed by atoms with E-state index >= 15 is 0 Å². The van der Waals surface area contributed by atoms with Gasteiger partial charge < -0.3 is 15.0 Å². The second kappa shape index (κ2) is 7.25. The van der Waals surface area contributed by atoms with Crippen molar-refractivity contribution in [3.8, 4) is 0 Å². The zero-order valence-electron chi connectivity index (χ0n) is 10.5. The van der Waals surface area contributed by atoms with Crippen LogP contribution in [0.1, 0.15) is 12.0 Å². The summed E-state index contributed by atoms with van der Waals surface area (Å²) >= 11 is 0. The Bertz CT molecular complexity index is 300. The Kier molecular flexibility index (Phi) is 5.90. The van der Waals surface area contributed by atoms with Crippen LogP contribution in [0.15, 0.2) is 24.3 Å². The van der Waals surface area contributed by atoms with Gasteiger partial charge in [-0.3, -0.25) is 0 Å². The van der Waals surface area contributed by atoms with Crippen molar-refractivity contribution in [3.63, 3.8) is 0 Å². The first-order valence-corrected chi connectivity index (χ1v) is 5.69. The van der Waals surface area contributed by atoms with E-state index in [9.17, 15) is 0 Å². The zero-order chi connectivity index (χ0) is 11.8. The second-order valence-electron chi connectivity index (χ2n) is 4.22. The molecule has 0 unspecified atom stereocenters. The molecule has 0 aliphatic heterocycles. The third-order valence-corrected chi connectivity index (χ3v) is 2.35. The highest BCUT2D eigenvalue weighted by molar-refractivity contribution is 5.45. The van der Waals surface area contributed by atoms with Crippen LogP contribution in [-0.4, -0.2) is 39.2 Å². The van der Waals surface area contributed by atoms with Gasteiger partial charge in [-0.2, -0.15) is 0 Å². The Labute approximate surface area is 98.4 Å². The van der Waals surface area contributed by atoms with Crippen LogP contribution < -0.4 is 5.32 Å². The molecule has 0 heterocycles. The first kappa shape index (κ1) is 13.0. The van der Waals surface area contributed by atoms with Crippen molar-refractivity contribution >= 4 is 5.69 Å². The first-order valence-electron chi connectivity index (χ1n) is 5.69. The summed E-state index contributed by atoms with van der Waals surface area (Å²) in [6.07, 6.45) is 1.15. The van der Waals surface area contributed by atoms with E-state index in [1.165, 1.54) is 11.3 Å². The van der Waals surface area contributed by atoms with Gasteiger partial charge in [-0.15, -0.1) is 0 Å². The van der Waals surface area contributed by atoms with Crippen LogP contribution in [0.5, 0.6) is 0 Å². The topological polar surface area (TPSA) is 24.5 Å². The van der Waals surface area contributed by atoms with Gasteiger partial charge in [0, 0.05) is 19.3 Å². The Morgan fingerprint density at radius 1 is 1.31 bits per heavy atom. The molecule has 0 saturated heterocycles. The molecular formula is C13H22N2O. The number of nitrogens with zero attached hydrogens (tertiary/aromatic N) is 1. The number of hydrogen-bond acceptors (Lipinski definition) is 3. The van der Waals surface area contributed by atoms with E-state index in [1.54, 1.807) is 7.11 Å². The van der Waals surface area contributed by atoms with Crippen molar-refractivity contribution in [2.45, 2.75) is 13.0 Å². The molecule has 0 amide bonds. The fraction of sp³-hybridized carbons (Fsp3) is 0.538. The van der Waals surface area contributed by atoms with Gasteiger partial charge in [0.25, 0.3) is 0 Å². The summed E-state index contributed by atoms with van der Waals surface area (Å²) in [7, 11) is 5.91. The fourth-order valence-electron chi connectivity index (χ4n) is 1.57. The van der Waals surface area contributed by atoms with Crippen LogP contribution in [0.3, 0.4) is 0 Å². The fourth-order valence-corrected chi connectivity index (χ4v) is 1.57. The van der Waals surface area contributed by atoms with E-state index < -0.39 is 0 Å². The minimum absolute atomic E-state index is 0.674. The first-order chi connectivity index (χ1) is 7.72. The lowest BCUT2D eigenvalue weighted by atomic mass is 10.2. The van der Waals surface area contributed by atoms with Gasteiger partial charge in [-0.25, -0.2) is 0 Å². The van der Waals surface area contributed by atoms with Crippen LogP contribution in [0.25, 0.3) is 0 Å². The number of ether oxygens (including phenoxy) is 1. The molecule has 0 atom stereocenters. The highest BCUT2D eigenvalue weighted by Gasteiger charge is 1.95. The molecule has 0 radical (unpaired) electrons. The molecule has 16 heavy (non-hydrogen) atoms. The van der Waals surface area contributed by atoms with E-state index in [1.807, 2.05) is 0 Å². The molecule has 1 rings (SSSR count). The standard InChI is InChI=1S/C13H22N2O/c1-15(2)9-5-8-14-13-7-4-6-12(10-13)11-16-3/h4,6-7,10,14H,5,8-9,11H2,1-3H3. The molecule has 0 aromatic heterocycles. The highest BCUT2D eigenvalue weighted by atomic mass is 16.5. The largest absolute Gasteiger partial charge is 0.385 e. The van der Waals surface area contributed by atoms with Crippen molar-refractivity contribution in [1.29, 1.82) is 0 Å². The lowest BCUT2D eigenvalue weighted by molar-refractivity contribution is 0.185. The minimum atomic E-state index is 0.674. The van der Waals surface area contributed by atoms with E-state index in [2.05, 4.69) is 48.6 Å². The van der Waals surface area contributed by atoms with Gasteiger partial charge in [0.1, 0.15) is 0 Å².